The lowest BCUT2D eigenvalue weighted by atomic mass is 9.91. The molecule has 22 heavy (non-hydrogen) atoms. The summed E-state index contributed by atoms with van der Waals surface area (Å²) in [7, 11) is 0. The van der Waals surface area contributed by atoms with Crippen molar-refractivity contribution in [2.75, 3.05) is 11.5 Å². The van der Waals surface area contributed by atoms with E-state index in [2.05, 4.69) is 17.4 Å². The number of halogens is 1. The first-order valence-electron chi connectivity index (χ1n) is 7.62. The maximum Gasteiger partial charge on any atom is 0.251 e. The molecular weight excluding hydrogens is 336 g/mol. The van der Waals surface area contributed by atoms with Crippen molar-refractivity contribution in [2.45, 2.75) is 42.3 Å². The summed E-state index contributed by atoms with van der Waals surface area (Å²) in [6.07, 6.45) is 4.03. The molecule has 3 rings (SSSR count). The lowest BCUT2D eigenvalue weighted by Gasteiger charge is -2.26. The van der Waals surface area contributed by atoms with Crippen LogP contribution in [0.25, 0.3) is 0 Å². The Morgan fingerprint density at radius 1 is 1.05 bits per heavy atom. The fourth-order valence-electron chi connectivity index (χ4n) is 2.87. The third-order valence-electron chi connectivity index (χ3n) is 4.17. The lowest BCUT2D eigenvalue weighted by Crippen LogP contribution is -2.40. The van der Waals surface area contributed by atoms with Gasteiger partial charge in [0.2, 0.25) is 0 Å². The number of hydrogen-bond donors (Lipinski definition) is 2. The molecule has 1 aliphatic carbocycles. The van der Waals surface area contributed by atoms with E-state index in [1.54, 1.807) is 0 Å². The molecule has 0 bridgehead atoms. The Balaban J connectivity index is 0.00000176. The number of nitrogens with one attached hydrogen (secondary N) is 1. The molecule has 122 valence electrons. The summed E-state index contributed by atoms with van der Waals surface area (Å²) in [5, 5.41) is 3.14. The normalized spacial score (nSPS) is 25.5. The van der Waals surface area contributed by atoms with E-state index < -0.39 is 0 Å². The highest BCUT2D eigenvalue weighted by Crippen LogP contribution is 2.45. The van der Waals surface area contributed by atoms with Gasteiger partial charge in [-0.1, -0.05) is 12.1 Å². The highest BCUT2D eigenvalue weighted by atomic mass is 35.5. The molecule has 0 unspecified atom stereocenters. The number of carbonyl (C=O) groups is 1. The van der Waals surface area contributed by atoms with Crippen LogP contribution < -0.4 is 11.1 Å². The van der Waals surface area contributed by atoms with Crippen LogP contribution >= 0.6 is 35.9 Å². The first-order chi connectivity index (χ1) is 10.2. The summed E-state index contributed by atoms with van der Waals surface area (Å²) in [6.45, 7) is 0. The van der Waals surface area contributed by atoms with Crippen LogP contribution in [0, 0.1) is 0 Å². The van der Waals surface area contributed by atoms with Crippen LogP contribution in [0.15, 0.2) is 24.3 Å². The van der Waals surface area contributed by atoms with Crippen molar-refractivity contribution in [2.24, 2.45) is 5.73 Å². The maximum absolute atomic E-state index is 12.3. The van der Waals surface area contributed by atoms with Gasteiger partial charge in [-0.3, -0.25) is 4.79 Å². The molecule has 1 amide bonds. The van der Waals surface area contributed by atoms with Crippen molar-refractivity contribution in [3.63, 3.8) is 0 Å². The Morgan fingerprint density at radius 2 is 1.64 bits per heavy atom. The van der Waals surface area contributed by atoms with Crippen molar-refractivity contribution < 1.29 is 4.79 Å². The van der Waals surface area contributed by atoms with Crippen molar-refractivity contribution in [3.05, 3.63) is 35.4 Å². The smallest absolute Gasteiger partial charge is 0.251 e. The molecule has 1 saturated heterocycles. The minimum Gasteiger partial charge on any atom is -0.349 e. The number of carbonyl (C=O) groups excluding carboxylic acids is 1. The van der Waals surface area contributed by atoms with Gasteiger partial charge in [-0.15, -0.1) is 35.9 Å². The van der Waals surface area contributed by atoms with E-state index in [-0.39, 0.29) is 24.4 Å². The number of amides is 1. The predicted molar refractivity (Wildman–Crippen MR) is 99.0 cm³/mol. The molecular formula is C16H23ClN2OS2. The van der Waals surface area contributed by atoms with E-state index >= 15 is 0 Å². The van der Waals surface area contributed by atoms with E-state index in [9.17, 15) is 4.79 Å². The van der Waals surface area contributed by atoms with Gasteiger partial charge in [-0.25, -0.2) is 0 Å². The molecule has 1 aromatic carbocycles. The fraction of sp³-hybridized carbons (Fsp3) is 0.562. The molecule has 1 heterocycles. The van der Waals surface area contributed by atoms with Gasteiger partial charge in [0, 0.05) is 29.2 Å². The van der Waals surface area contributed by atoms with E-state index in [1.807, 2.05) is 35.7 Å². The van der Waals surface area contributed by atoms with Gasteiger partial charge in [-0.05, 0) is 43.4 Å². The molecule has 0 atom stereocenters. The van der Waals surface area contributed by atoms with Crippen LogP contribution in [0.5, 0.6) is 0 Å². The molecule has 1 saturated carbocycles. The SMILES string of the molecule is Cl.NC1CCC(NC(=O)c2ccc(C3SCCS3)cc2)CC1. The maximum atomic E-state index is 12.3. The molecule has 1 aromatic rings. The third kappa shape index (κ3) is 4.57. The summed E-state index contributed by atoms with van der Waals surface area (Å²) in [6, 6.07) is 8.72. The Morgan fingerprint density at radius 3 is 2.23 bits per heavy atom. The molecule has 6 heteroatoms. The zero-order valence-corrected chi connectivity index (χ0v) is 14.9. The second-order valence-electron chi connectivity index (χ2n) is 5.78. The van der Waals surface area contributed by atoms with Gasteiger partial charge >= 0.3 is 0 Å². The minimum absolute atomic E-state index is 0. The van der Waals surface area contributed by atoms with Gasteiger partial charge in [0.05, 0.1) is 4.58 Å². The molecule has 1 aliphatic heterocycles. The van der Waals surface area contributed by atoms with Gasteiger partial charge in [0.1, 0.15) is 0 Å². The van der Waals surface area contributed by atoms with Crippen molar-refractivity contribution in [1.82, 2.24) is 5.32 Å². The molecule has 3 N–H and O–H groups in total. The third-order valence-corrected chi connectivity index (χ3v) is 7.28. The fourth-order valence-corrected chi connectivity index (χ4v) is 5.73. The van der Waals surface area contributed by atoms with E-state index in [1.165, 1.54) is 17.1 Å². The topological polar surface area (TPSA) is 55.1 Å². The summed E-state index contributed by atoms with van der Waals surface area (Å²) in [4.78, 5) is 12.3. The van der Waals surface area contributed by atoms with Gasteiger partial charge in [0.25, 0.3) is 5.91 Å². The molecule has 2 aliphatic rings. The number of hydrogen-bond acceptors (Lipinski definition) is 4. The van der Waals surface area contributed by atoms with E-state index in [4.69, 9.17) is 5.73 Å². The van der Waals surface area contributed by atoms with Crippen LogP contribution in [-0.4, -0.2) is 29.5 Å². The van der Waals surface area contributed by atoms with Crippen molar-refractivity contribution in [3.8, 4) is 0 Å². The monoisotopic (exact) mass is 358 g/mol. The first kappa shape index (κ1) is 18.0. The number of thioether (sulfide) groups is 2. The molecule has 2 fully saturated rings. The average Bonchev–Trinajstić information content (AvgIpc) is 3.04. The summed E-state index contributed by atoms with van der Waals surface area (Å²) in [5.74, 6) is 2.50. The first-order valence-corrected chi connectivity index (χ1v) is 9.72. The number of rotatable bonds is 3. The Hall–Kier alpha value is -0.360. The molecule has 0 radical (unpaired) electrons. The second-order valence-corrected chi connectivity index (χ2v) is 8.51. The standard InChI is InChI=1S/C16H22N2OS2.ClH/c17-13-5-7-14(8-6-13)18-15(19)11-1-3-12(4-2-11)16-20-9-10-21-16;/h1-4,13-14,16H,5-10,17H2,(H,18,19);1H. The van der Waals surface area contributed by atoms with Crippen LogP contribution in [0.1, 0.15) is 46.2 Å². The molecule has 3 nitrogen and oxygen atoms in total. The van der Waals surface area contributed by atoms with Crippen LogP contribution in [0.2, 0.25) is 0 Å². The summed E-state index contributed by atoms with van der Waals surface area (Å²) in [5.41, 5.74) is 7.99. The highest BCUT2D eigenvalue weighted by molar-refractivity contribution is 8.19. The van der Waals surface area contributed by atoms with Crippen LogP contribution in [0.3, 0.4) is 0 Å². The van der Waals surface area contributed by atoms with Gasteiger partial charge in [-0.2, -0.15) is 0 Å². The Bertz CT molecular complexity index is 483. The zero-order valence-electron chi connectivity index (χ0n) is 12.5. The van der Waals surface area contributed by atoms with Gasteiger partial charge in [0.15, 0.2) is 0 Å². The summed E-state index contributed by atoms with van der Waals surface area (Å²) >= 11 is 3.98. The average molecular weight is 359 g/mol. The minimum atomic E-state index is 0. The van der Waals surface area contributed by atoms with Gasteiger partial charge < -0.3 is 11.1 Å². The highest BCUT2D eigenvalue weighted by Gasteiger charge is 2.21. The molecule has 0 aromatic heterocycles. The largest absolute Gasteiger partial charge is 0.349 e. The van der Waals surface area contributed by atoms with Crippen molar-refractivity contribution >= 4 is 41.8 Å². The lowest BCUT2D eigenvalue weighted by molar-refractivity contribution is 0.0926. The number of nitrogens with two attached hydrogens (primary N) is 1. The second kappa shape index (κ2) is 8.48. The van der Waals surface area contributed by atoms with Crippen LogP contribution in [-0.2, 0) is 0 Å². The Kier molecular flexibility index (Phi) is 6.93. The van der Waals surface area contributed by atoms with Crippen LogP contribution in [0.4, 0.5) is 0 Å². The van der Waals surface area contributed by atoms with Crippen molar-refractivity contribution in [1.29, 1.82) is 0 Å². The Labute approximate surface area is 147 Å². The molecule has 0 spiro atoms. The quantitative estimate of drug-likeness (QED) is 0.867. The number of benzene rings is 1. The summed E-state index contributed by atoms with van der Waals surface area (Å²) < 4.78 is 0.543. The zero-order chi connectivity index (χ0) is 14.7. The van der Waals surface area contributed by atoms with E-state index in [0.717, 1.165) is 31.2 Å². The predicted octanol–water partition coefficient (Wildman–Crippen LogP) is 3.59. The van der Waals surface area contributed by atoms with E-state index in [0.29, 0.717) is 10.6 Å².